The number of phenols is 1. The summed E-state index contributed by atoms with van der Waals surface area (Å²) in [6, 6.07) is 7.11. The number of aryl methyl sites for hydroxylation is 1. The summed E-state index contributed by atoms with van der Waals surface area (Å²) < 4.78 is 0. The normalized spacial score (nSPS) is 10.9. The lowest BCUT2D eigenvalue weighted by Crippen LogP contribution is -1.84. The van der Waals surface area contributed by atoms with Gasteiger partial charge in [0, 0.05) is 11.8 Å². The first-order chi connectivity index (χ1) is 8.24. The highest BCUT2D eigenvalue weighted by Gasteiger charge is 2.07. The number of H-pyrrole nitrogens is 1. The van der Waals surface area contributed by atoms with Crippen LogP contribution in [0.25, 0.3) is 22.4 Å². The quantitative estimate of drug-likeness (QED) is 0.669. The van der Waals surface area contributed by atoms with Gasteiger partial charge in [-0.25, -0.2) is 4.98 Å². The minimum absolute atomic E-state index is 0.268. The van der Waals surface area contributed by atoms with E-state index in [0.29, 0.717) is 0 Å². The molecule has 4 heteroatoms. The standard InChI is InChI=1S/C13H11N3O/c1-8-6-9(17)2-3-10(8)13-15-11-4-5-14-7-12(11)16-13/h2-7,17H,1H3,(H,15,16). The second-order valence-corrected chi connectivity index (χ2v) is 3.98. The second kappa shape index (κ2) is 3.59. The first-order valence-corrected chi connectivity index (χ1v) is 5.34. The third kappa shape index (κ3) is 1.63. The van der Waals surface area contributed by atoms with Gasteiger partial charge in [0.2, 0.25) is 0 Å². The van der Waals surface area contributed by atoms with Gasteiger partial charge in [-0.2, -0.15) is 0 Å². The van der Waals surface area contributed by atoms with E-state index in [1.807, 2.05) is 19.1 Å². The fourth-order valence-electron chi connectivity index (χ4n) is 1.90. The Bertz CT molecular complexity index is 655. The van der Waals surface area contributed by atoms with Crippen LogP contribution in [0.15, 0.2) is 36.7 Å². The predicted octanol–water partition coefficient (Wildman–Crippen LogP) is 2.64. The van der Waals surface area contributed by atoms with Crippen molar-refractivity contribution in [2.45, 2.75) is 6.92 Å². The average Bonchev–Trinajstić information content (AvgIpc) is 2.72. The zero-order chi connectivity index (χ0) is 11.8. The molecule has 0 aliphatic rings. The molecular weight excluding hydrogens is 214 g/mol. The molecular formula is C13H11N3O. The molecule has 0 atom stereocenters. The number of nitrogens with zero attached hydrogens (tertiary/aromatic N) is 2. The predicted molar refractivity (Wildman–Crippen MR) is 65.7 cm³/mol. The number of aromatic amines is 1. The van der Waals surface area contributed by atoms with Crippen molar-refractivity contribution in [2.24, 2.45) is 0 Å². The number of imidazole rings is 1. The van der Waals surface area contributed by atoms with Crippen molar-refractivity contribution in [1.29, 1.82) is 0 Å². The minimum atomic E-state index is 0.268. The molecule has 3 aromatic rings. The molecule has 0 spiro atoms. The molecule has 0 radical (unpaired) electrons. The number of aromatic nitrogens is 3. The number of pyridine rings is 1. The van der Waals surface area contributed by atoms with Crippen LogP contribution in [0.1, 0.15) is 5.56 Å². The van der Waals surface area contributed by atoms with E-state index in [9.17, 15) is 5.11 Å². The Labute approximate surface area is 98.0 Å². The van der Waals surface area contributed by atoms with E-state index in [4.69, 9.17) is 0 Å². The topological polar surface area (TPSA) is 61.8 Å². The van der Waals surface area contributed by atoms with Crippen LogP contribution >= 0.6 is 0 Å². The third-order valence-electron chi connectivity index (χ3n) is 2.75. The minimum Gasteiger partial charge on any atom is -0.508 e. The molecule has 3 rings (SSSR count). The molecule has 4 nitrogen and oxygen atoms in total. The van der Waals surface area contributed by atoms with Gasteiger partial charge in [0.05, 0.1) is 17.2 Å². The van der Waals surface area contributed by atoms with Gasteiger partial charge in [0.25, 0.3) is 0 Å². The van der Waals surface area contributed by atoms with Crippen molar-refractivity contribution in [2.75, 3.05) is 0 Å². The Morgan fingerprint density at radius 1 is 1.24 bits per heavy atom. The maximum Gasteiger partial charge on any atom is 0.138 e. The van der Waals surface area contributed by atoms with Gasteiger partial charge in [-0.05, 0) is 36.8 Å². The van der Waals surface area contributed by atoms with E-state index in [1.165, 1.54) is 0 Å². The van der Waals surface area contributed by atoms with Gasteiger partial charge in [0.15, 0.2) is 0 Å². The smallest absolute Gasteiger partial charge is 0.138 e. The van der Waals surface area contributed by atoms with E-state index in [0.717, 1.165) is 28.0 Å². The molecule has 0 saturated carbocycles. The van der Waals surface area contributed by atoms with Crippen LogP contribution in [0, 0.1) is 6.92 Å². The molecule has 84 valence electrons. The molecule has 0 fully saturated rings. The lowest BCUT2D eigenvalue weighted by atomic mass is 10.1. The first kappa shape index (κ1) is 9.84. The lowest BCUT2D eigenvalue weighted by molar-refractivity contribution is 0.475. The SMILES string of the molecule is Cc1cc(O)ccc1-c1nc2ccncc2[nH]1. The highest BCUT2D eigenvalue weighted by atomic mass is 16.3. The second-order valence-electron chi connectivity index (χ2n) is 3.98. The molecule has 0 saturated heterocycles. The fraction of sp³-hybridized carbons (Fsp3) is 0.0769. The van der Waals surface area contributed by atoms with Crippen LogP contribution in [0.4, 0.5) is 0 Å². The number of rotatable bonds is 1. The van der Waals surface area contributed by atoms with Gasteiger partial charge >= 0.3 is 0 Å². The number of hydrogen-bond donors (Lipinski definition) is 2. The highest BCUT2D eigenvalue weighted by molar-refractivity contribution is 5.79. The van der Waals surface area contributed by atoms with Crippen molar-refractivity contribution in [3.63, 3.8) is 0 Å². The first-order valence-electron chi connectivity index (χ1n) is 5.34. The van der Waals surface area contributed by atoms with Gasteiger partial charge in [-0.1, -0.05) is 0 Å². The molecule has 2 aromatic heterocycles. The summed E-state index contributed by atoms with van der Waals surface area (Å²) in [5, 5.41) is 9.38. The lowest BCUT2D eigenvalue weighted by Gasteiger charge is -2.02. The number of phenolic OH excluding ortho intramolecular Hbond substituents is 1. The summed E-state index contributed by atoms with van der Waals surface area (Å²) in [6.07, 6.45) is 3.47. The Morgan fingerprint density at radius 3 is 2.88 bits per heavy atom. The number of nitrogens with one attached hydrogen (secondary N) is 1. The zero-order valence-corrected chi connectivity index (χ0v) is 9.31. The number of aromatic hydroxyl groups is 1. The van der Waals surface area contributed by atoms with E-state index in [-0.39, 0.29) is 5.75 Å². The van der Waals surface area contributed by atoms with Crippen molar-refractivity contribution in [1.82, 2.24) is 15.0 Å². The molecule has 0 unspecified atom stereocenters. The molecule has 2 heterocycles. The Balaban J connectivity index is 2.20. The van der Waals surface area contributed by atoms with Crippen LogP contribution < -0.4 is 0 Å². The molecule has 2 N–H and O–H groups in total. The molecule has 1 aromatic carbocycles. The Kier molecular flexibility index (Phi) is 2.08. The van der Waals surface area contributed by atoms with Crippen molar-refractivity contribution >= 4 is 11.0 Å². The summed E-state index contributed by atoms with van der Waals surface area (Å²) in [4.78, 5) is 11.8. The molecule has 0 aliphatic heterocycles. The van der Waals surface area contributed by atoms with Crippen LogP contribution in [0.2, 0.25) is 0 Å². The number of benzene rings is 1. The largest absolute Gasteiger partial charge is 0.508 e. The molecule has 0 bridgehead atoms. The van der Waals surface area contributed by atoms with Crippen molar-refractivity contribution in [3.05, 3.63) is 42.2 Å². The summed E-state index contributed by atoms with van der Waals surface area (Å²) >= 11 is 0. The number of fused-ring (bicyclic) bond motifs is 1. The maximum atomic E-state index is 9.38. The van der Waals surface area contributed by atoms with E-state index in [2.05, 4.69) is 15.0 Å². The van der Waals surface area contributed by atoms with Gasteiger partial charge < -0.3 is 10.1 Å². The summed E-state index contributed by atoms with van der Waals surface area (Å²) in [5.74, 6) is 1.06. The molecule has 17 heavy (non-hydrogen) atoms. The van der Waals surface area contributed by atoms with Crippen LogP contribution in [-0.2, 0) is 0 Å². The zero-order valence-electron chi connectivity index (χ0n) is 9.31. The van der Waals surface area contributed by atoms with Crippen LogP contribution in [0.3, 0.4) is 0 Å². The van der Waals surface area contributed by atoms with E-state index in [1.54, 1.807) is 24.5 Å². The van der Waals surface area contributed by atoms with Crippen LogP contribution in [-0.4, -0.2) is 20.1 Å². The Hall–Kier alpha value is -2.36. The average molecular weight is 225 g/mol. The van der Waals surface area contributed by atoms with Gasteiger partial charge in [-0.3, -0.25) is 4.98 Å². The van der Waals surface area contributed by atoms with E-state index < -0.39 is 0 Å². The summed E-state index contributed by atoms with van der Waals surface area (Å²) in [7, 11) is 0. The third-order valence-corrected chi connectivity index (χ3v) is 2.75. The monoisotopic (exact) mass is 225 g/mol. The fourth-order valence-corrected chi connectivity index (χ4v) is 1.90. The molecule has 0 aliphatic carbocycles. The summed E-state index contributed by atoms with van der Waals surface area (Å²) in [5.41, 5.74) is 3.77. The van der Waals surface area contributed by atoms with Crippen LogP contribution in [0.5, 0.6) is 5.75 Å². The van der Waals surface area contributed by atoms with Crippen molar-refractivity contribution < 1.29 is 5.11 Å². The number of hydrogen-bond acceptors (Lipinski definition) is 3. The highest BCUT2D eigenvalue weighted by Crippen LogP contribution is 2.25. The van der Waals surface area contributed by atoms with E-state index >= 15 is 0 Å². The summed E-state index contributed by atoms with van der Waals surface area (Å²) in [6.45, 7) is 1.94. The van der Waals surface area contributed by atoms with Gasteiger partial charge in [0.1, 0.15) is 11.6 Å². The Morgan fingerprint density at radius 2 is 2.12 bits per heavy atom. The van der Waals surface area contributed by atoms with Crippen molar-refractivity contribution in [3.8, 4) is 17.1 Å². The van der Waals surface area contributed by atoms with Gasteiger partial charge in [-0.15, -0.1) is 0 Å². The maximum absolute atomic E-state index is 9.38. The molecule has 0 amide bonds.